The number of carboxylic acid groups (broad SMARTS) is 1. The van der Waals surface area contributed by atoms with Crippen LogP contribution in [0.15, 0.2) is 36.4 Å². The summed E-state index contributed by atoms with van der Waals surface area (Å²) in [4.78, 5) is 47.2. The van der Waals surface area contributed by atoms with Gasteiger partial charge >= 0.3 is 5.97 Å². The Bertz CT molecular complexity index is 1100. The fourth-order valence-electron chi connectivity index (χ4n) is 3.48. The van der Waals surface area contributed by atoms with Crippen LogP contribution in [-0.2, 0) is 32.0 Å². The molecule has 2 aromatic carbocycles. The van der Waals surface area contributed by atoms with Crippen molar-refractivity contribution in [3.8, 4) is 0 Å². The summed E-state index contributed by atoms with van der Waals surface area (Å²) in [5, 5.41) is 15.2. The molecular formula is C22H21Cl2N3O5. The van der Waals surface area contributed by atoms with Gasteiger partial charge in [-0.25, -0.2) is 0 Å². The number of carbonyl (C=O) groups excluding carboxylic acids is 3. The number of hydrogen-bond acceptors (Lipinski definition) is 4. The predicted molar refractivity (Wildman–Crippen MR) is 121 cm³/mol. The summed E-state index contributed by atoms with van der Waals surface area (Å²) in [5.74, 6) is -3.70. The minimum absolute atomic E-state index is 0.187. The molecule has 2 unspecified atom stereocenters. The number of aliphatic carboxylic acids is 1. The third-order valence-corrected chi connectivity index (χ3v) is 5.64. The maximum atomic E-state index is 11.8. The lowest BCUT2D eigenvalue weighted by Gasteiger charge is -2.26. The molecule has 8 nitrogen and oxygen atoms in total. The number of fused-ring (bicyclic) bond motifs is 2. The molecule has 168 valence electrons. The van der Waals surface area contributed by atoms with Crippen LogP contribution in [0.25, 0.3) is 0 Å². The second-order valence-electron chi connectivity index (χ2n) is 7.67. The van der Waals surface area contributed by atoms with Crippen molar-refractivity contribution in [3.63, 3.8) is 0 Å². The maximum Gasteiger partial charge on any atom is 0.316 e. The van der Waals surface area contributed by atoms with Gasteiger partial charge in [0.25, 0.3) is 0 Å². The van der Waals surface area contributed by atoms with Gasteiger partial charge in [0.05, 0.1) is 0 Å². The molecule has 0 saturated carbocycles. The van der Waals surface area contributed by atoms with Crippen LogP contribution in [0.4, 0.5) is 11.4 Å². The molecule has 2 aromatic rings. The number of amides is 3. The predicted octanol–water partition coefficient (Wildman–Crippen LogP) is 3.07. The van der Waals surface area contributed by atoms with Gasteiger partial charge in [0.1, 0.15) is 11.8 Å². The first-order valence-electron chi connectivity index (χ1n) is 9.69. The second kappa shape index (κ2) is 9.58. The monoisotopic (exact) mass is 477 g/mol. The average Bonchev–Trinajstić information content (AvgIpc) is 2.73. The van der Waals surface area contributed by atoms with E-state index in [-0.39, 0.29) is 18.2 Å². The number of carboxylic acids is 1. The zero-order valence-electron chi connectivity index (χ0n) is 17.3. The number of rotatable bonds is 2. The molecule has 10 heteroatoms. The Labute approximate surface area is 194 Å². The van der Waals surface area contributed by atoms with Crippen LogP contribution in [0.2, 0.25) is 10.0 Å². The lowest BCUT2D eigenvalue weighted by Crippen LogP contribution is -2.41. The van der Waals surface area contributed by atoms with Gasteiger partial charge in [0, 0.05) is 35.5 Å². The summed E-state index contributed by atoms with van der Waals surface area (Å²) < 4.78 is 0. The summed E-state index contributed by atoms with van der Waals surface area (Å²) in [5.41, 5.74) is 3.04. The summed E-state index contributed by atoms with van der Waals surface area (Å²) in [6.45, 7) is 0. The summed E-state index contributed by atoms with van der Waals surface area (Å²) in [6.07, 6.45) is 0.593. The van der Waals surface area contributed by atoms with E-state index in [0.29, 0.717) is 22.2 Å². The quantitative estimate of drug-likeness (QED) is 0.574. The number of halogens is 2. The van der Waals surface area contributed by atoms with Crippen LogP contribution in [0, 0.1) is 11.8 Å². The van der Waals surface area contributed by atoms with Crippen molar-refractivity contribution in [3.05, 3.63) is 57.6 Å². The van der Waals surface area contributed by atoms with Crippen LogP contribution < -0.4 is 10.6 Å². The molecule has 3 amide bonds. The molecule has 0 aliphatic carbocycles. The van der Waals surface area contributed by atoms with E-state index < -0.39 is 23.7 Å². The topological polar surface area (TPSA) is 116 Å². The highest BCUT2D eigenvalue weighted by molar-refractivity contribution is 6.31. The normalized spacial score (nSPS) is 18.8. The Balaban J connectivity index is 0.000000182. The standard InChI is InChI=1S/C12H13ClN2O2.C10H8ClNO3/c1-15(2)12(17)9-6-7-5-8(13)3-4-10(7)14-11(9)16;11-6-1-2-8-5(3-6)4-7(10(14)15)9(13)12-8/h3-5,9H,6H2,1-2H3,(H,14,16);1-3,7H,4H2,(H,12,13)(H,14,15). The Morgan fingerprint density at radius 2 is 1.31 bits per heavy atom. The van der Waals surface area contributed by atoms with Gasteiger partial charge in [0.15, 0.2) is 0 Å². The van der Waals surface area contributed by atoms with Crippen molar-refractivity contribution < 1.29 is 24.3 Å². The van der Waals surface area contributed by atoms with Crippen molar-refractivity contribution in [2.24, 2.45) is 11.8 Å². The molecular weight excluding hydrogens is 457 g/mol. The fraction of sp³-hybridized carbons (Fsp3) is 0.273. The SMILES string of the molecule is CN(C)C(=O)C1Cc2cc(Cl)ccc2NC1=O.O=C(O)C1Cc2cc(Cl)ccc2NC1=O. The number of nitrogens with one attached hydrogen (secondary N) is 2. The summed E-state index contributed by atoms with van der Waals surface area (Å²) in [7, 11) is 3.28. The van der Waals surface area contributed by atoms with Crippen molar-refractivity contribution in [1.82, 2.24) is 4.90 Å². The van der Waals surface area contributed by atoms with Gasteiger partial charge in [-0.1, -0.05) is 23.2 Å². The largest absolute Gasteiger partial charge is 0.481 e. The van der Waals surface area contributed by atoms with Crippen LogP contribution >= 0.6 is 23.2 Å². The fourth-order valence-corrected chi connectivity index (χ4v) is 3.87. The first-order chi connectivity index (χ1) is 15.1. The van der Waals surface area contributed by atoms with Crippen molar-refractivity contribution >= 4 is 58.3 Å². The summed E-state index contributed by atoms with van der Waals surface area (Å²) in [6, 6.07) is 10.3. The first-order valence-corrected chi connectivity index (χ1v) is 10.4. The van der Waals surface area contributed by atoms with Crippen LogP contribution in [-0.4, -0.2) is 47.8 Å². The molecule has 3 N–H and O–H groups in total. The van der Waals surface area contributed by atoms with E-state index in [2.05, 4.69) is 10.6 Å². The van der Waals surface area contributed by atoms with Crippen molar-refractivity contribution in [1.29, 1.82) is 0 Å². The zero-order valence-corrected chi connectivity index (χ0v) is 18.8. The number of benzene rings is 2. The number of carbonyl (C=O) groups is 4. The lowest BCUT2D eigenvalue weighted by atomic mass is 9.92. The highest BCUT2D eigenvalue weighted by Crippen LogP contribution is 2.29. The van der Waals surface area contributed by atoms with E-state index in [4.69, 9.17) is 28.3 Å². The van der Waals surface area contributed by atoms with E-state index in [0.717, 1.165) is 16.8 Å². The highest BCUT2D eigenvalue weighted by atomic mass is 35.5. The molecule has 2 aliphatic rings. The van der Waals surface area contributed by atoms with Gasteiger partial charge in [0.2, 0.25) is 17.7 Å². The highest BCUT2D eigenvalue weighted by Gasteiger charge is 2.33. The molecule has 0 aromatic heterocycles. The Morgan fingerprint density at radius 1 is 0.875 bits per heavy atom. The van der Waals surface area contributed by atoms with Crippen LogP contribution in [0.3, 0.4) is 0 Å². The smallest absolute Gasteiger partial charge is 0.316 e. The molecule has 0 saturated heterocycles. The molecule has 0 fully saturated rings. The molecule has 0 spiro atoms. The van der Waals surface area contributed by atoms with Crippen molar-refractivity contribution in [2.45, 2.75) is 12.8 Å². The lowest BCUT2D eigenvalue weighted by molar-refractivity contribution is -0.145. The van der Waals surface area contributed by atoms with Crippen LogP contribution in [0.1, 0.15) is 11.1 Å². The van der Waals surface area contributed by atoms with E-state index in [1.165, 1.54) is 4.90 Å². The Hall–Kier alpha value is -3.10. The Kier molecular flexibility index (Phi) is 7.06. The zero-order chi connectivity index (χ0) is 23.6. The molecule has 0 radical (unpaired) electrons. The third kappa shape index (κ3) is 5.20. The molecule has 2 aliphatic heterocycles. The van der Waals surface area contributed by atoms with E-state index >= 15 is 0 Å². The Morgan fingerprint density at radius 3 is 1.75 bits per heavy atom. The molecule has 32 heavy (non-hydrogen) atoms. The molecule has 4 rings (SSSR count). The van der Waals surface area contributed by atoms with Gasteiger partial charge in [-0.05, 0) is 60.4 Å². The van der Waals surface area contributed by atoms with E-state index in [9.17, 15) is 19.2 Å². The van der Waals surface area contributed by atoms with Crippen molar-refractivity contribution in [2.75, 3.05) is 24.7 Å². The van der Waals surface area contributed by atoms with Crippen LogP contribution in [0.5, 0.6) is 0 Å². The van der Waals surface area contributed by atoms with E-state index in [1.54, 1.807) is 50.5 Å². The van der Waals surface area contributed by atoms with E-state index in [1.807, 2.05) is 0 Å². The molecule has 2 heterocycles. The minimum atomic E-state index is -1.11. The summed E-state index contributed by atoms with van der Waals surface area (Å²) >= 11 is 11.7. The van der Waals surface area contributed by atoms with Gasteiger partial charge < -0.3 is 20.6 Å². The number of hydrogen-bond donors (Lipinski definition) is 3. The molecule has 0 bridgehead atoms. The van der Waals surface area contributed by atoms with Gasteiger partial charge in [-0.2, -0.15) is 0 Å². The molecule has 2 atom stereocenters. The number of anilines is 2. The average molecular weight is 478 g/mol. The maximum absolute atomic E-state index is 11.8. The van der Waals surface area contributed by atoms with Gasteiger partial charge in [-0.15, -0.1) is 0 Å². The third-order valence-electron chi connectivity index (χ3n) is 5.17. The second-order valence-corrected chi connectivity index (χ2v) is 8.54. The first kappa shape index (κ1) is 23.6. The number of nitrogens with zero attached hydrogens (tertiary/aromatic N) is 1. The van der Waals surface area contributed by atoms with Gasteiger partial charge in [-0.3, -0.25) is 19.2 Å². The minimum Gasteiger partial charge on any atom is -0.481 e.